The van der Waals surface area contributed by atoms with E-state index in [0.717, 1.165) is 21.9 Å². The molecule has 8 heteroatoms. The Morgan fingerprint density at radius 3 is 2.08 bits per heavy atom. The lowest BCUT2D eigenvalue weighted by atomic mass is 10.1. The van der Waals surface area contributed by atoms with Crippen molar-refractivity contribution < 1.29 is 18.0 Å². The third-order valence-electron chi connectivity index (χ3n) is 6.13. The molecular formula is C29H35N3O4S. The molecule has 0 aliphatic carbocycles. The van der Waals surface area contributed by atoms with Crippen LogP contribution in [0, 0.1) is 6.92 Å². The van der Waals surface area contributed by atoms with Gasteiger partial charge in [0, 0.05) is 13.1 Å². The summed E-state index contributed by atoms with van der Waals surface area (Å²) < 4.78 is 28.5. The zero-order chi connectivity index (χ0) is 26.8. The van der Waals surface area contributed by atoms with E-state index in [1.807, 2.05) is 44.2 Å². The highest BCUT2D eigenvalue weighted by molar-refractivity contribution is 7.92. The molecule has 3 rings (SSSR count). The highest BCUT2D eigenvalue weighted by Crippen LogP contribution is 2.24. The van der Waals surface area contributed by atoms with Gasteiger partial charge < -0.3 is 10.2 Å². The quantitative estimate of drug-likeness (QED) is 0.388. The van der Waals surface area contributed by atoms with Gasteiger partial charge in [0.05, 0.1) is 10.6 Å². The number of amides is 2. The van der Waals surface area contributed by atoms with Gasteiger partial charge in [-0.1, -0.05) is 73.2 Å². The minimum atomic E-state index is -4.04. The Morgan fingerprint density at radius 2 is 1.49 bits per heavy atom. The molecule has 3 aromatic carbocycles. The second-order valence-corrected chi connectivity index (χ2v) is 10.8. The molecule has 7 nitrogen and oxygen atoms in total. The number of nitrogens with one attached hydrogen (secondary N) is 1. The van der Waals surface area contributed by atoms with E-state index in [1.54, 1.807) is 49.4 Å². The van der Waals surface area contributed by atoms with Crippen LogP contribution >= 0.6 is 0 Å². The van der Waals surface area contributed by atoms with Crippen LogP contribution in [0.25, 0.3) is 0 Å². The molecule has 0 radical (unpaired) electrons. The number of carbonyl (C=O) groups excluding carboxylic acids is 2. The number of aryl methyl sites for hydroxylation is 1. The van der Waals surface area contributed by atoms with E-state index in [-0.39, 0.29) is 17.3 Å². The summed E-state index contributed by atoms with van der Waals surface area (Å²) in [6.45, 7) is 5.89. The first-order valence-corrected chi connectivity index (χ1v) is 13.9. The Kier molecular flexibility index (Phi) is 9.85. The second-order valence-electron chi connectivity index (χ2n) is 8.95. The van der Waals surface area contributed by atoms with Gasteiger partial charge in [-0.05, 0) is 56.5 Å². The number of benzene rings is 3. The van der Waals surface area contributed by atoms with Gasteiger partial charge in [0.1, 0.15) is 12.6 Å². The summed E-state index contributed by atoms with van der Waals surface area (Å²) in [5.41, 5.74) is 2.38. The van der Waals surface area contributed by atoms with Crippen LogP contribution in [0.15, 0.2) is 89.8 Å². The number of anilines is 1. The zero-order valence-corrected chi connectivity index (χ0v) is 22.4. The average Bonchev–Trinajstić information content (AvgIpc) is 2.92. The average molecular weight is 522 g/mol. The summed E-state index contributed by atoms with van der Waals surface area (Å²) in [5, 5.41) is 2.85. The lowest BCUT2D eigenvalue weighted by Gasteiger charge is -2.32. The number of carbonyl (C=O) groups is 2. The van der Waals surface area contributed by atoms with Crippen LogP contribution in [-0.2, 0) is 26.0 Å². The molecule has 0 bridgehead atoms. The lowest BCUT2D eigenvalue weighted by Crippen LogP contribution is -2.52. The second kappa shape index (κ2) is 13.1. The van der Waals surface area contributed by atoms with Crippen LogP contribution < -0.4 is 9.62 Å². The summed E-state index contributed by atoms with van der Waals surface area (Å²) in [6.07, 6.45) is 1.31. The zero-order valence-electron chi connectivity index (χ0n) is 21.6. The molecule has 0 saturated heterocycles. The van der Waals surface area contributed by atoms with Crippen molar-refractivity contribution in [2.45, 2.75) is 44.6 Å². The van der Waals surface area contributed by atoms with Gasteiger partial charge in [-0.15, -0.1) is 0 Å². The molecule has 0 unspecified atom stereocenters. The summed E-state index contributed by atoms with van der Waals surface area (Å²) in [7, 11) is -4.04. The monoisotopic (exact) mass is 521 g/mol. The normalized spacial score (nSPS) is 12.0. The number of hydrogen-bond acceptors (Lipinski definition) is 4. The predicted molar refractivity (Wildman–Crippen MR) is 147 cm³/mol. The summed E-state index contributed by atoms with van der Waals surface area (Å²) >= 11 is 0. The molecule has 3 aromatic rings. The molecule has 37 heavy (non-hydrogen) atoms. The van der Waals surface area contributed by atoms with E-state index in [4.69, 9.17) is 0 Å². The van der Waals surface area contributed by atoms with Gasteiger partial charge in [-0.2, -0.15) is 0 Å². The SMILES string of the molecule is CCCNC(=O)[C@H](C)N(CCc1ccccc1)C(=O)CN(c1ccc(C)cc1)S(=O)(=O)c1ccccc1. The van der Waals surface area contributed by atoms with Crippen LogP contribution in [0.1, 0.15) is 31.4 Å². The fraction of sp³-hybridized carbons (Fsp3) is 0.310. The van der Waals surface area contributed by atoms with Crippen LogP contribution in [0.4, 0.5) is 5.69 Å². The van der Waals surface area contributed by atoms with Crippen molar-refractivity contribution in [3.05, 3.63) is 96.1 Å². The number of hydrogen-bond donors (Lipinski definition) is 1. The minimum absolute atomic E-state index is 0.0907. The Bertz CT molecular complexity index is 1260. The van der Waals surface area contributed by atoms with Crippen LogP contribution in [0.5, 0.6) is 0 Å². The van der Waals surface area contributed by atoms with Crippen molar-refractivity contribution >= 4 is 27.5 Å². The molecule has 0 heterocycles. The topological polar surface area (TPSA) is 86.8 Å². The fourth-order valence-corrected chi connectivity index (χ4v) is 5.36. The van der Waals surface area contributed by atoms with Gasteiger partial charge in [0.15, 0.2) is 0 Å². The summed E-state index contributed by atoms with van der Waals surface area (Å²) in [4.78, 5) is 28.1. The third-order valence-corrected chi connectivity index (χ3v) is 7.92. The maximum atomic E-state index is 13.8. The van der Waals surface area contributed by atoms with Crippen LogP contribution in [0.3, 0.4) is 0 Å². The molecule has 1 atom stereocenters. The van der Waals surface area contributed by atoms with Crippen molar-refractivity contribution in [2.75, 3.05) is 23.9 Å². The van der Waals surface area contributed by atoms with E-state index in [0.29, 0.717) is 18.7 Å². The predicted octanol–water partition coefficient (Wildman–Crippen LogP) is 4.18. The summed E-state index contributed by atoms with van der Waals surface area (Å²) in [5.74, 6) is -0.716. The third kappa shape index (κ3) is 7.43. The van der Waals surface area contributed by atoms with Gasteiger partial charge in [-0.3, -0.25) is 13.9 Å². The maximum absolute atomic E-state index is 13.8. The molecule has 0 aliphatic heterocycles. The van der Waals surface area contributed by atoms with E-state index in [9.17, 15) is 18.0 Å². The van der Waals surface area contributed by atoms with E-state index in [2.05, 4.69) is 5.32 Å². The first-order valence-electron chi connectivity index (χ1n) is 12.5. The first-order chi connectivity index (χ1) is 17.7. The minimum Gasteiger partial charge on any atom is -0.354 e. The van der Waals surface area contributed by atoms with Crippen molar-refractivity contribution in [2.24, 2.45) is 0 Å². The van der Waals surface area contributed by atoms with Gasteiger partial charge >= 0.3 is 0 Å². The number of rotatable bonds is 12. The highest BCUT2D eigenvalue weighted by atomic mass is 32.2. The Labute approximate surface area is 220 Å². The van der Waals surface area contributed by atoms with E-state index >= 15 is 0 Å². The van der Waals surface area contributed by atoms with Crippen LogP contribution in [0.2, 0.25) is 0 Å². The van der Waals surface area contributed by atoms with Gasteiger partial charge in [-0.25, -0.2) is 8.42 Å². The fourth-order valence-electron chi connectivity index (χ4n) is 3.93. The smallest absolute Gasteiger partial charge is 0.264 e. The Hall–Kier alpha value is -3.65. The number of nitrogens with zero attached hydrogens (tertiary/aromatic N) is 2. The Balaban J connectivity index is 1.94. The molecule has 0 saturated carbocycles. The highest BCUT2D eigenvalue weighted by Gasteiger charge is 2.32. The molecule has 2 amide bonds. The molecule has 0 aromatic heterocycles. The van der Waals surface area contributed by atoms with Crippen molar-refractivity contribution in [3.63, 3.8) is 0 Å². The maximum Gasteiger partial charge on any atom is 0.264 e. The standard InChI is InChI=1S/C29H35N3O4S/c1-4-20-30-29(34)24(3)31(21-19-25-11-7-5-8-12-25)28(33)22-32(26-17-15-23(2)16-18-26)37(35,36)27-13-9-6-10-14-27/h5-18,24H,4,19-22H2,1-3H3,(H,30,34)/t24-/m0/s1. The van der Waals surface area contributed by atoms with Crippen molar-refractivity contribution in [3.8, 4) is 0 Å². The van der Waals surface area contributed by atoms with Crippen LogP contribution in [-0.4, -0.2) is 50.8 Å². The molecule has 0 fully saturated rings. The molecule has 196 valence electrons. The largest absolute Gasteiger partial charge is 0.354 e. The van der Waals surface area contributed by atoms with E-state index < -0.39 is 28.5 Å². The molecule has 0 aliphatic rings. The molecule has 0 spiro atoms. The van der Waals surface area contributed by atoms with E-state index in [1.165, 1.54) is 17.0 Å². The van der Waals surface area contributed by atoms with Crippen molar-refractivity contribution in [1.29, 1.82) is 0 Å². The molecular weight excluding hydrogens is 486 g/mol. The van der Waals surface area contributed by atoms with Gasteiger partial charge in [0.25, 0.3) is 10.0 Å². The van der Waals surface area contributed by atoms with Crippen molar-refractivity contribution in [1.82, 2.24) is 10.2 Å². The Morgan fingerprint density at radius 1 is 0.892 bits per heavy atom. The number of sulfonamides is 1. The summed E-state index contributed by atoms with van der Waals surface area (Å²) in [6, 6.07) is 24.0. The first kappa shape index (κ1) is 27.9. The lowest BCUT2D eigenvalue weighted by molar-refractivity contribution is -0.138. The molecule has 1 N–H and O–H groups in total. The van der Waals surface area contributed by atoms with Gasteiger partial charge in [0.2, 0.25) is 11.8 Å².